The Bertz CT molecular complexity index is 584. The monoisotopic (exact) mass is 330 g/mol. The van der Waals surface area contributed by atoms with Gasteiger partial charge >= 0.3 is 0 Å². The van der Waals surface area contributed by atoms with E-state index in [4.69, 9.17) is 5.84 Å². The van der Waals surface area contributed by atoms with Gasteiger partial charge < -0.3 is 0 Å². The standard InChI is InChI=1S/C13H10BrF3N2/c14-8-4-7(5-9(15)6-8)13(19-18)10-2-1-3-11(16)12(10)17/h1-6,13,19H,18H2. The molecule has 2 rings (SSSR count). The van der Waals surface area contributed by atoms with E-state index < -0.39 is 23.5 Å². The summed E-state index contributed by atoms with van der Waals surface area (Å²) < 4.78 is 40.8. The normalized spacial score (nSPS) is 12.5. The summed E-state index contributed by atoms with van der Waals surface area (Å²) in [4.78, 5) is 0. The molecule has 0 heterocycles. The summed E-state index contributed by atoms with van der Waals surface area (Å²) in [5, 5.41) is 0. The molecule has 3 N–H and O–H groups in total. The Balaban J connectivity index is 2.53. The molecule has 0 fully saturated rings. The van der Waals surface area contributed by atoms with Crippen LogP contribution in [-0.2, 0) is 0 Å². The van der Waals surface area contributed by atoms with Crippen LogP contribution in [0.1, 0.15) is 17.2 Å². The van der Waals surface area contributed by atoms with Crippen molar-refractivity contribution in [2.24, 2.45) is 5.84 Å². The van der Waals surface area contributed by atoms with Crippen molar-refractivity contribution in [2.45, 2.75) is 6.04 Å². The van der Waals surface area contributed by atoms with Crippen LogP contribution in [0, 0.1) is 17.5 Å². The highest BCUT2D eigenvalue weighted by Crippen LogP contribution is 2.27. The number of halogens is 4. The molecule has 0 aliphatic carbocycles. The fourth-order valence-electron chi connectivity index (χ4n) is 1.85. The van der Waals surface area contributed by atoms with Gasteiger partial charge in [0.2, 0.25) is 0 Å². The first-order valence-electron chi connectivity index (χ1n) is 5.39. The molecule has 0 bridgehead atoms. The zero-order chi connectivity index (χ0) is 14.0. The summed E-state index contributed by atoms with van der Waals surface area (Å²) in [5.41, 5.74) is 2.76. The molecular formula is C13H10BrF3N2. The fourth-order valence-corrected chi connectivity index (χ4v) is 2.33. The highest BCUT2D eigenvalue weighted by atomic mass is 79.9. The highest BCUT2D eigenvalue weighted by Gasteiger charge is 2.19. The number of nitrogens with one attached hydrogen (secondary N) is 1. The molecule has 0 aromatic heterocycles. The Morgan fingerprint density at radius 2 is 1.84 bits per heavy atom. The smallest absolute Gasteiger partial charge is 0.163 e. The maximum absolute atomic E-state index is 13.7. The molecule has 6 heteroatoms. The van der Waals surface area contributed by atoms with Gasteiger partial charge in [-0.2, -0.15) is 0 Å². The number of hydrogen-bond donors (Lipinski definition) is 2. The van der Waals surface area contributed by atoms with Crippen LogP contribution >= 0.6 is 15.9 Å². The second-order valence-corrected chi connectivity index (χ2v) is 4.86. The maximum Gasteiger partial charge on any atom is 0.163 e. The van der Waals surface area contributed by atoms with Crippen molar-refractivity contribution in [3.63, 3.8) is 0 Å². The Morgan fingerprint density at radius 3 is 2.47 bits per heavy atom. The van der Waals surface area contributed by atoms with Gasteiger partial charge in [-0.15, -0.1) is 0 Å². The van der Waals surface area contributed by atoms with Gasteiger partial charge in [-0.3, -0.25) is 5.84 Å². The predicted octanol–water partition coefficient (Wildman–Crippen LogP) is 3.42. The summed E-state index contributed by atoms with van der Waals surface area (Å²) in [7, 11) is 0. The van der Waals surface area contributed by atoms with E-state index in [1.54, 1.807) is 6.07 Å². The third-order valence-corrected chi connectivity index (χ3v) is 3.14. The van der Waals surface area contributed by atoms with Crippen LogP contribution < -0.4 is 11.3 Å². The van der Waals surface area contributed by atoms with Crippen molar-refractivity contribution in [2.75, 3.05) is 0 Å². The number of nitrogens with two attached hydrogens (primary N) is 1. The highest BCUT2D eigenvalue weighted by molar-refractivity contribution is 9.10. The van der Waals surface area contributed by atoms with Crippen molar-refractivity contribution in [1.29, 1.82) is 0 Å². The second-order valence-electron chi connectivity index (χ2n) is 3.95. The number of rotatable bonds is 3. The van der Waals surface area contributed by atoms with Gasteiger partial charge in [-0.1, -0.05) is 28.1 Å². The van der Waals surface area contributed by atoms with Crippen molar-refractivity contribution < 1.29 is 13.2 Å². The summed E-state index contributed by atoms with van der Waals surface area (Å²) in [6.45, 7) is 0. The average molecular weight is 331 g/mol. The molecule has 1 unspecified atom stereocenters. The molecule has 0 spiro atoms. The van der Waals surface area contributed by atoms with Crippen LogP contribution in [0.25, 0.3) is 0 Å². The predicted molar refractivity (Wildman–Crippen MR) is 69.6 cm³/mol. The molecule has 100 valence electrons. The molecule has 2 aromatic rings. The molecule has 2 aromatic carbocycles. The van der Waals surface area contributed by atoms with Gasteiger partial charge in [0.1, 0.15) is 5.82 Å². The third kappa shape index (κ3) is 2.97. The Labute approximate surface area is 116 Å². The minimum Gasteiger partial charge on any atom is -0.271 e. The van der Waals surface area contributed by atoms with E-state index in [2.05, 4.69) is 21.4 Å². The zero-order valence-electron chi connectivity index (χ0n) is 9.63. The van der Waals surface area contributed by atoms with Crippen LogP contribution in [0.2, 0.25) is 0 Å². The Hall–Kier alpha value is -1.37. The summed E-state index contributed by atoms with van der Waals surface area (Å²) in [6, 6.07) is 6.97. The van der Waals surface area contributed by atoms with Gasteiger partial charge in [0.05, 0.1) is 6.04 Å². The van der Waals surface area contributed by atoms with E-state index in [1.807, 2.05) is 0 Å². The maximum atomic E-state index is 13.7. The molecule has 0 aliphatic rings. The lowest BCUT2D eigenvalue weighted by Gasteiger charge is -2.18. The molecule has 0 aliphatic heterocycles. The van der Waals surface area contributed by atoms with Gasteiger partial charge in [0.25, 0.3) is 0 Å². The third-order valence-electron chi connectivity index (χ3n) is 2.68. The van der Waals surface area contributed by atoms with E-state index in [1.165, 1.54) is 24.3 Å². The Morgan fingerprint density at radius 1 is 1.11 bits per heavy atom. The van der Waals surface area contributed by atoms with Gasteiger partial charge in [-0.25, -0.2) is 18.6 Å². The molecule has 0 amide bonds. The van der Waals surface area contributed by atoms with E-state index in [0.717, 1.165) is 6.07 Å². The van der Waals surface area contributed by atoms with Gasteiger partial charge in [-0.05, 0) is 29.8 Å². The fraction of sp³-hybridized carbons (Fsp3) is 0.0769. The minimum absolute atomic E-state index is 0.0139. The first-order chi connectivity index (χ1) is 9.02. The quantitative estimate of drug-likeness (QED) is 0.668. The van der Waals surface area contributed by atoms with Crippen LogP contribution in [0.15, 0.2) is 40.9 Å². The van der Waals surface area contributed by atoms with Crippen LogP contribution in [-0.4, -0.2) is 0 Å². The number of hydrogen-bond acceptors (Lipinski definition) is 2. The summed E-state index contributed by atoms with van der Waals surface area (Å²) in [5.74, 6) is 2.89. The summed E-state index contributed by atoms with van der Waals surface area (Å²) >= 11 is 3.14. The van der Waals surface area contributed by atoms with E-state index in [0.29, 0.717) is 10.0 Å². The first-order valence-corrected chi connectivity index (χ1v) is 6.18. The molecule has 19 heavy (non-hydrogen) atoms. The lowest BCUT2D eigenvalue weighted by molar-refractivity contribution is 0.482. The molecule has 0 radical (unpaired) electrons. The second kappa shape index (κ2) is 5.73. The Kier molecular flexibility index (Phi) is 4.24. The number of benzene rings is 2. The van der Waals surface area contributed by atoms with Crippen LogP contribution in [0.4, 0.5) is 13.2 Å². The molecular weight excluding hydrogens is 321 g/mol. The summed E-state index contributed by atoms with van der Waals surface area (Å²) in [6.07, 6.45) is 0. The van der Waals surface area contributed by atoms with Crippen LogP contribution in [0.3, 0.4) is 0 Å². The van der Waals surface area contributed by atoms with Crippen molar-refractivity contribution in [3.05, 3.63) is 69.4 Å². The van der Waals surface area contributed by atoms with Gasteiger partial charge in [0, 0.05) is 10.0 Å². The van der Waals surface area contributed by atoms with Crippen molar-refractivity contribution in [1.82, 2.24) is 5.43 Å². The molecule has 0 saturated carbocycles. The van der Waals surface area contributed by atoms with Crippen molar-refractivity contribution in [3.8, 4) is 0 Å². The zero-order valence-corrected chi connectivity index (χ0v) is 11.2. The largest absolute Gasteiger partial charge is 0.271 e. The molecule has 0 saturated heterocycles. The van der Waals surface area contributed by atoms with E-state index in [-0.39, 0.29) is 5.56 Å². The van der Waals surface area contributed by atoms with E-state index in [9.17, 15) is 13.2 Å². The lowest BCUT2D eigenvalue weighted by atomic mass is 9.98. The molecule has 1 atom stereocenters. The lowest BCUT2D eigenvalue weighted by Crippen LogP contribution is -2.29. The van der Waals surface area contributed by atoms with Gasteiger partial charge in [0.15, 0.2) is 11.6 Å². The topological polar surface area (TPSA) is 38.0 Å². The SMILES string of the molecule is NNC(c1cc(F)cc(Br)c1)c1cccc(F)c1F. The first kappa shape index (κ1) is 14.0. The van der Waals surface area contributed by atoms with E-state index >= 15 is 0 Å². The van der Waals surface area contributed by atoms with Crippen LogP contribution in [0.5, 0.6) is 0 Å². The number of hydrazine groups is 1. The molecule has 2 nitrogen and oxygen atoms in total. The minimum atomic E-state index is -1.01. The average Bonchev–Trinajstić information content (AvgIpc) is 2.34. The van der Waals surface area contributed by atoms with Crippen molar-refractivity contribution >= 4 is 15.9 Å².